The van der Waals surface area contributed by atoms with Gasteiger partial charge in [0.2, 0.25) is 5.91 Å². The summed E-state index contributed by atoms with van der Waals surface area (Å²) in [5.74, 6) is 0.171. The standard InChI is InChI=1S/C15H22N2O3/c1-10-9-20-11(2)8-17(10)15(19)14(16)7-12-3-5-13(18)6-4-12/h3-6,10-11,14,18H,7-9,16H2,1-2H3/t10?,11?,14-/m1/s1. The van der Waals surface area contributed by atoms with Gasteiger partial charge in [-0.3, -0.25) is 4.79 Å². The van der Waals surface area contributed by atoms with Crippen molar-refractivity contribution >= 4 is 5.91 Å². The van der Waals surface area contributed by atoms with Crippen LogP contribution >= 0.6 is 0 Å². The molecule has 5 heteroatoms. The van der Waals surface area contributed by atoms with Gasteiger partial charge in [0.1, 0.15) is 5.75 Å². The van der Waals surface area contributed by atoms with E-state index in [4.69, 9.17) is 10.5 Å². The number of nitrogens with zero attached hydrogens (tertiary/aromatic N) is 1. The summed E-state index contributed by atoms with van der Waals surface area (Å²) in [5, 5.41) is 9.25. The van der Waals surface area contributed by atoms with Crippen molar-refractivity contribution < 1.29 is 14.6 Å². The smallest absolute Gasteiger partial charge is 0.240 e. The fourth-order valence-corrected chi connectivity index (χ4v) is 2.40. The molecule has 1 amide bonds. The highest BCUT2D eigenvalue weighted by Crippen LogP contribution is 2.15. The maximum atomic E-state index is 12.4. The van der Waals surface area contributed by atoms with Crippen LogP contribution < -0.4 is 5.73 Å². The van der Waals surface area contributed by atoms with E-state index in [0.29, 0.717) is 19.6 Å². The summed E-state index contributed by atoms with van der Waals surface area (Å²) in [6.07, 6.45) is 0.522. The number of aromatic hydroxyl groups is 1. The first kappa shape index (κ1) is 14.8. The van der Waals surface area contributed by atoms with Gasteiger partial charge in [-0.15, -0.1) is 0 Å². The Balaban J connectivity index is 1.99. The maximum Gasteiger partial charge on any atom is 0.240 e. The minimum absolute atomic E-state index is 0.0410. The summed E-state index contributed by atoms with van der Waals surface area (Å²) >= 11 is 0. The van der Waals surface area contributed by atoms with Gasteiger partial charge in [0.05, 0.1) is 24.8 Å². The fraction of sp³-hybridized carbons (Fsp3) is 0.533. The summed E-state index contributed by atoms with van der Waals surface area (Å²) < 4.78 is 5.52. The van der Waals surface area contributed by atoms with E-state index in [1.54, 1.807) is 29.2 Å². The summed E-state index contributed by atoms with van der Waals surface area (Å²) in [7, 11) is 0. The van der Waals surface area contributed by atoms with Crippen LogP contribution in [0.2, 0.25) is 0 Å². The molecule has 0 aliphatic carbocycles. The normalized spacial score (nSPS) is 24.4. The van der Waals surface area contributed by atoms with Gasteiger partial charge in [-0.1, -0.05) is 12.1 Å². The zero-order chi connectivity index (χ0) is 14.7. The number of nitrogens with two attached hydrogens (primary N) is 1. The van der Waals surface area contributed by atoms with Gasteiger partial charge < -0.3 is 20.5 Å². The van der Waals surface area contributed by atoms with E-state index in [9.17, 15) is 9.90 Å². The first-order valence-corrected chi connectivity index (χ1v) is 6.93. The Morgan fingerprint density at radius 2 is 2.10 bits per heavy atom. The monoisotopic (exact) mass is 278 g/mol. The van der Waals surface area contributed by atoms with Crippen LogP contribution in [0.25, 0.3) is 0 Å². The molecule has 1 saturated heterocycles. The molecular weight excluding hydrogens is 256 g/mol. The molecular formula is C15H22N2O3. The van der Waals surface area contributed by atoms with E-state index in [0.717, 1.165) is 5.56 Å². The fourth-order valence-electron chi connectivity index (χ4n) is 2.40. The van der Waals surface area contributed by atoms with Crippen LogP contribution in [0.5, 0.6) is 5.75 Å². The third-order valence-electron chi connectivity index (χ3n) is 3.60. The van der Waals surface area contributed by atoms with Crippen molar-refractivity contribution in [1.82, 2.24) is 4.90 Å². The summed E-state index contributed by atoms with van der Waals surface area (Å²) in [4.78, 5) is 14.2. The predicted molar refractivity (Wildman–Crippen MR) is 76.4 cm³/mol. The lowest BCUT2D eigenvalue weighted by Gasteiger charge is -2.38. The lowest BCUT2D eigenvalue weighted by Crippen LogP contribution is -2.55. The van der Waals surface area contributed by atoms with Gasteiger partial charge in [0, 0.05) is 6.54 Å². The minimum atomic E-state index is -0.563. The number of rotatable bonds is 3. The van der Waals surface area contributed by atoms with E-state index >= 15 is 0 Å². The number of morpholine rings is 1. The van der Waals surface area contributed by atoms with Crippen molar-refractivity contribution in [3.05, 3.63) is 29.8 Å². The molecule has 1 aliphatic rings. The van der Waals surface area contributed by atoms with Crippen molar-refractivity contribution in [3.8, 4) is 5.75 Å². The lowest BCUT2D eigenvalue weighted by molar-refractivity contribution is -0.144. The molecule has 2 unspecified atom stereocenters. The lowest BCUT2D eigenvalue weighted by atomic mass is 10.0. The molecule has 0 radical (unpaired) electrons. The zero-order valence-electron chi connectivity index (χ0n) is 12.0. The number of hydrogen-bond acceptors (Lipinski definition) is 4. The molecule has 1 fully saturated rings. The van der Waals surface area contributed by atoms with E-state index in [1.807, 2.05) is 13.8 Å². The zero-order valence-corrected chi connectivity index (χ0v) is 12.0. The quantitative estimate of drug-likeness (QED) is 0.861. The number of carbonyl (C=O) groups is 1. The van der Waals surface area contributed by atoms with E-state index < -0.39 is 6.04 Å². The van der Waals surface area contributed by atoms with Gasteiger partial charge in [-0.25, -0.2) is 0 Å². The van der Waals surface area contributed by atoms with Gasteiger partial charge in [-0.2, -0.15) is 0 Å². The average Bonchev–Trinajstić information content (AvgIpc) is 2.43. The van der Waals surface area contributed by atoms with Gasteiger partial charge in [-0.05, 0) is 38.0 Å². The molecule has 1 heterocycles. The van der Waals surface area contributed by atoms with Crippen LogP contribution in [-0.2, 0) is 16.0 Å². The van der Waals surface area contributed by atoms with Gasteiger partial charge in [0.15, 0.2) is 0 Å². The van der Waals surface area contributed by atoms with Gasteiger partial charge in [0.25, 0.3) is 0 Å². The van der Waals surface area contributed by atoms with Crippen LogP contribution in [0.3, 0.4) is 0 Å². The predicted octanol–water partition coefficient (Wildman–Crippen LogP) is 0.898. The average molecular weight is 278 g/mol. The third kappa shape index (κ3) is 3.49. The third-order valence-corrected chi connectivity index (χ3v) is 3.60. The number of amides is 1. The molecule has 0 bridgehead atoms. The van der Waals surface area contributed by atoms with Crippen molar-refractivity contribution in [2.24, 2.45) is 5.73 Å². The molecule has 1 aromatic rings. The van der Waals surface area contributed by atoms with Crippen molar-refractivity contribution in [1.29, 1.82) is 0 Å². The first-order chi connectivity index (χ1) is 9.47. The molecule has 110 valence electrons. The Morgan fingerprint density at radius 1 is 1.45 bits per heavy atom. The minimum Gasteiger partial charge on any atom is -0.508 e. The van der Waals surface area contributed by atoms with Crippen molar-refractivity contribution in [2.45, 2.75) is 38.5 Å². The van der Waals surface area contributed by atoms with E-state index in [-0.39, 0.29) is 23.8 Å². The molecule has 1 aromatic carbocycles. The Morgan fingerprint density at radius 3 is 2.75 bits per heavy atom. The van der Waals surface area contributed by atoms with Crippen molar-refractivity contribution in [3.63, 3.8) is 0 Å². The maximum absolute atomic E-state index is 12.4. The Hall–Kier alpha value is -1.59. The topological polar surface area (TPSA) is 75.8 Å². The number of phenols is 1. The van der Waals surface area contributed by atoms with E-state index in [1.165, 1.54) is 0 Å². The second kappa shape index (κ2) is 6.24. The second-order valence-electron chi connectivity index (χ2n) is 5.46. The van der Waals surface area contributed by atoms with Crippen molar-refractivity contribution in [2.75, 3.05) is 13.2 Å². The number of benzene rings is 1. The molecule has 0 spiro atoms. The number of carbonyl (C=O) groups excluding carboxylic acids is 1. The number of ether oxygens (including phenoxy) is 1. The van der Waals surface area contributed by atoms with Crippen LogP contribution in [0, 0.1) is 0 Å². The SMILES string of the molecule is CC1CN(C(=O)[C@H](N)Cc2ccc(O)cc2)C(C)CO1. The molecule has 0 saturated carbocycles. The highest BCUT2D eigenvalue weighted by atomic mass is 16.5. The molecule has 0 aromatic heterocycles. The molecule has 20 heavy (non-hydrogen) atoms. The first-order valence-electron chi connectivity index (χ1n) is 6.93. The van der Waals surface area contributed by atoms with Crippen LogP contribution in [0.4, 0.5) is 0 Å². The van der Waals surface area contributed by atoms with Crippen LogP contribution in [-0.4, -0.2) is 47.3 Å². The Labute approximate surface area is 119 Å². The number of phenolic OH excluding ortho intramolecular Hbond substituents is 1. The number of hydrogen-bond donors (Lipinski definition) is 2. The molecule has 3 N–H and O–H groups in total. The summed E-state index contributed by atoms with van der Waals surface area (Å²) in [6.45, 7) is 5.07. The molecule has 1 aliphatic heterocycles. The molecule has 2 rings (SSSR count). The van der Waals surface area contributed by atoms with Crippen LogP contribution in [0.1, 0.15) is 19.4 Å². The highest BCUT2D eigenvalue weighted by molar-refractivity contribution is 5.82. The van der Waals surface area contributed by atoms with Gasteiger partial charge >= 0.3 is 0 Å². The second-order valence-corrected chi connectivity index (χ2v) is 5.46. The van der Waals surface area contributed by atoms with E-state index in [2.05, 4.69) is 0 Å². The summed E-state index contributed by atoms with van der Waals surface area (Å²) in [5.41, 5.74) is 6.97. The van der Waals surface area contributed by atoms with Crippen LogP contribution in [0.15, 0.2) is 24.3 Å². The Bertz CT molecular complexity index is 461. The molecule has 3 atom stereocenters. The summed E-state index contributed by atoms with van der Waals surface area (Å²) in [6, 6.07) is 6.27. The Kier molecular flexibility index (Phi) is 4.62. The highest BCUT2D eigenvalue weighted by Gasteiger charge is 2.30. The molecule has 5 nitrogen and oxygen atoms in total. The largest absolute Gasteiger partial charge is 0.508 e.